The number of urea groups is 1. The normalized spacial score (nSPS) is 13.0. The number of aromatic amines is 1. The SMILES string of the molecule is Cc1c(O)[nH]c(O)c1C(=O)[C@@H](NC(=O)CC(NC(=O)Nc1ccc(Cl)c(C(F)(F)F)c1)c1ccccc1)C(C)C. The Hall–Kier alpha value is -4.19. The Morgan fingerprint density at radius 1 is 1.00 bits per heavy atom. The largest absolute Gasteiger partial charge is 0.494 e. The van der Waals surface area contributed by atoms with Crippen LogP contribution in [0.3, 0.4) is 0 Å². The third kappa shape index (κ3) is 7.26. The van der Waals surface area contributed by atoms with Gasteiger partial charge in [0.1, 0.15) is 0 Å². The summed E-state index contributed by atoms with van der Waals surface area (Å²) in [7, 11) is 0. The van der Waals surface area contributed by atoms with Crippen molar-refractivity contribution in [1.29, 1.82) is 0 Å². The zero-order valence-corrected chi connectivity index (χ0v) is 22.4. The molecule has 3 aromatic rings. The van der Waals surface area contributed by atoms with Crippen molar-refractivity contribution in [3.8, 4) is 11.8 Å². The summed E-state index contributed by atoms with van der Waals surface area (Å²) in [6.45, 7) is 4.80. The van der Waals surface area contributed by atoms with Crippen molar-refractivity contribution in [2.75, 3.05) is 5.32 Å². The lowest BCUT2D eigenvalue weighted by Gasteiger charge is -2.24. The van der Waals surface area contributed by atoms with E-state index in [0.717, 1.165) is 6.07 Å². The molecule has 0 aliphatic rings. The summed E-state index contributed by atoms with van der Waals surface area (Å²) >= 11 is 5.64. The molecule has 9 nitrogen and oxygen atoms in total. The zero-order valence-electron chi connectivity index (χ0n) is 21.7. The first-order valence-electron chi connectivity index (χ1n) is 12.1. The Bertz CT molecular complexity index is 1390. The van der Waals surface area contributed by atoms with E-state index in [1.165, 1.54) is 13.0 Å². The fraction of sp³-hybridized carbons (Fsp3) is 0.296. The molecule has 0 aliphatic heterocycles. The first-order valence-corrected chi connectivity index (χ1v) is 12.5. The van der Waals surface area contributed by atoms with E-state index in [4.69, 9.17) is 11.6 Å². The molecular weight excluding hydrogens is 553 g/mol. The molecule has 6 N–H and O–H groups in total. The van der Waals surface area contributed by atoms with Crippen LogP contribution in [0.2, 0.25) is 5.02 Å². The third-order valence-electron chi connectivity index (χ3n) is 6.14. The molecule has 13 heteroatoms. The fourth-order valence-corrected chi connectivity index (χ4v) is 4.28. The van der Waals surface area contributed by atoms with Crippen molar-refractivity contribution in [1.82, 2.24) is 15.6 Å². The van der Waals surface area contributed by atoms with Crippen LogP contribution in [-0.4, -0.2) is 39.0 Å². The van der Waals surface area contributed by atoms with E-state index < -0.39 is 58.4 Å². The number of hydrogen-bond donors (Lipinski definition) is 6. The number of carbonyl (C=O) groups is 3. The lowest BCUT2D eigenvalue weighted by molar-refractivity contribution is -0.137. The molecule has 1 heterocycles. The Labute approximate surface area is 232 Å². The van der Waals surface area contributed by atoms with Gasteiger partial charge in [0.05, 0.1) is 34.7 Å². The van der Waals surface area contributed by atoms with Crippen molar-refractivity contribution in [2.24, 2.45) is 5.92 Å². The van der Waals surface area contributed by atoms with Crippen LogP contribution in [0.5, 0.6) is 11.8 Å². The minimum atomic E-state index is -4.73. The van der Waals surface area contributed by atoms with Crippen molar-refractivity contribution in [2.45, 2.75) is 45.5 Å². The summed E-state index contributed by atoms with van der Waals surface area (Å²) in [5.41, 5.74) is -0.793. The van der Waals surface area contributed by atoms with Crippen LogP contribution in [0.4, 0.5) is 23.7 Å². The second-order valence-electron chi connectivity index (χ2n) is 9.43. The summed E-state index contributed by atoms with van der Waals surface area (Å²) < 4.78 is 39.6. The molecule has 3 amide bonds. The average Bonchev–Trinajstić information content (AvgIpc) is 3.13. The van der Waals surface area contributed by atoms with Gasteiger partial charge in [-0.05, 0) is 36.6 Å². The number of rotatable bonds is 9. The van der Waals surface area contributed by atoms with Crippen LogP contribution in [0.1, 0.15) is 53.4 Å². The number of aromatic hydroxyl groups is 2. The highest BCUT2D eigenvalue weighted by Crippen LogP contribution is 2.36. The smallest absolute Gasteiger partial charge is 0.417 e. The topological polar surface area (TPSA) is 144 Å². The molecule has 40 heavy (non-hydrogen) atoms. The molecule has 0 aliphatic carbocycles. The highest BCUT2D eigenvalue weighted by atomic mass is 35.5. The molecule has 0 fully saturated rings. The number of amides is 3. The van der Waals surface area contributed by atoms with Crippen molar-refractivity contribution in [3.63, 3.8) is 0 Å². The minimum absolute atomic E-state index is 0.124. The molecule has 2 atom stereocenters. The standard InChI is InChI=1S/C27H28ClF3N4O5/c1-13(2)22(23(37)21-14(3)24(38)35-25(21)39)34-20(36)12-19(15-7-5-4-6-8-15)33-26(40)32-16-9-10-18(28)17(11-16)27(29,30)31/h4-11,13,19,22,35,38-39H,12H2,1-3H3,(H,34,36)(H2,32,33,40)/t19?,22-/m0/s1. The molecule has 1 unspecified atom stereocenters. The Kier molecular flexibility index (Phi) is 9.36. The number of H-pyrrole nitrogens is 1. The van der Waals surface area contributed by atoms with E-state index in [2.05, 4.69) is 20.9 Å². The van der Waals surface area contributed by atoms with E-state index in [9.17, 15) is 37.8 Å². The molecule has 0 saturated carbocycles. The molecule has 0 spiro atoms. The number of halogens is 4. The Balaban J connectivity index is 1.78. The first kappa shape index (κ1) is 30.4. The van der Waals surface area contributed by atoms with Gasteiger partial charge < -0.3 is 26.2 Å². The number of anilines is 1. The number of alkyl halides is 3. The van der Waals surface area contributed by atoms with E-state index >= 15 is 0 Å². The van der Waals surface area contributed by atoms with Gasteiger partial charge in [-0.2, -0.15) is 13.2 Å². The Morgan fingerprint density at radius 2 is 1.65 bits per heavy atom. The molecule has 1 aromatic heterocycles. The predicted octanol–water partition coefficient (Wildman–Crippen LogP) is 5.68. The zero-order chi connectivity index (χ0) is 29.8. The minimum Gasteiger partial charge on any atom is -0.494 e. The Morgan fingerprint density at radius 3 is 2.20 bits per heavy atom. The maximum Gasteiger partial charge on any atom is 0.417 e. The van der Waals surface area contributed by atoms with Crippen molar-refractivity contribution < 1.29 is 37.8 Å². The maximum absolute atomic E-state index is 13.2. The van der Waals surface area contributed by atoms with Crippen LogP contribution in [-0.2, 0) is 11.0 Å². The lowest BCUT2D eigenvalue weighted by atomic mass is 9.93. The molecule has 0 saturated heterocycles. The summed E-state index contributed by atoms with van der Waals surface area (Å²) in [6.07, 6.45) is -5.06. The van der Waals surface area contributed by atoms with E-state index in [-0.39, 0.29) is 29.1 Å². The number of carbonyl (C=O) groups excluding carboxylic acids is 3. The fourth-order valence-electron chi connectivity index (χ4n) is 4.06. The summed E-state index contributed by atoms with van der Waals surface area (Å²) in [4.78, 5) is 41.3. The average molecular weight is 581 g/mol. The second-order valence-corrected chi connectivity index (χ2v) is 9.84. The quantitative estimate of drug-likeness (QED) is 0.180. The van der Waals surface area contributed by atoms with E-state index in [0.29, 0.717) is 11.6 Å². The lowest BCUT2D eigenvalue weighted by Crippen LogP contribution is -2.46. The number of benzene rings is 2. The van der Waals surface area contributed by atoms with Crippen molar-refractivity contribution >= 4 is 35.0 Å². The maximum atomic E-state index is 13.2. The van der Waals surface area contributed by atoms with Crippen molar-refractivity contribution in [3.05, 3.63) is 75.8 Å². The van der Waals surface area contributed by atoms with Crippen LogP contribution >= 0.6 is 11.6 Å². The number of nitrogens with one attached hydrogen (secondary N) is 4. The summed E-state index contributed by atoms with van der Waals surface area (Å²) in [5, 5.41) is 26.9. The third-order valence-corrected chi connectivity index (χ3v) is 6.47. The summed E-state index contributed by atoms with van der Waals surface area (Å²) in [5.74, 6) is -2.57. The predicted molar refractivity (Wildman–Crippen MR) is 142 cm³/mol. The number of Topliss-reactive ketones (excluding diaryl/α,β-unsaturated/α-hetero) is 1. The molecule has 0 bridgehead atoms. The van der Waals surface area contributed by atoms with Gasteiger partial charge in [0, 0.05) is 11.3 Å². The highest BCUT2D eigenvalue weighted by molar-refractivity contribution is 6.31. The van der Waals surface area contributed by atoms with E-state index in [1.807, 2.05) is 0 Å². The number of aromatic nitrogens is 1. The van der Waals surface area contributed by atoms with E-state index in [1.54, 1.807) is 44.2 Å². The van der Waals surface area contributed by atoms with Gasteiger partial charge >= 0.3 is 12.2 Å². The molecular formula is C27H28ClF3N4O5. The van der Waals surface area contributed by atoms with Gasteiger partial charge in [-0.15, -0.1) is 0 Å². The van der Waals surface area contributed by atoms with Crippen LogP contribution in [0.25, 0.3) is 0 Å². The first-order chi connectivity index (χ1) is 18.7. The van der Waals surface area contributed by atoms with Crippen LogP contribution in [0.15, 0.2) is 48.5 Å². The van der Waals surface area contributed by atoms with Gasteiger partial charge in [0.2, 0.25) is 11.8 Å². The molecule has 214 valence electrons. The van der Waals surface area contributed by atoms with Gasteiger partial charge in [-0.25, -0.2) is 4.79 Å². The molecule has 3 rings (SSSR count). The number of ketones is 1. The monoisotopic (exact) mass is 580 g/mol. The van der Waals surface area contributed by atoms with Gasteiger partial charge in [-0.3, -0.25) is 14.6 Å². The number of hydrogen-bond acceptors (Lipinski definition) is 5. The van der Waals surface area contributed by atoms with Gasteiger partial charge in [0.25, 0.3) is 0 Å². The van der Waals surface area contributed by atoms with Gasteiger partial charge in [0.15, 0.2) is 11.7 Å². The highest BCUT2D eigenvalue weighted by Gasteiger charge is 2.34. The molecule has 2 aromatic carbocycles. The van der Waals surface area contributed by atoms with Gasteiger partial charge in [-0.1, -0.05) is 55.8 Å². The molecule has 0 radical (unpaired) electrons. The summed E-state index contributed by atoms with van der Waals surface area (Å²) in [6, 6.07) is 8.41. The van der Waals surface area contributed by atoms with Crippen LogP contribution in [0, 0.1) is 12.8 Å². The second kappa shape index (κ2) is 12.3. The van der Waals surface area contributed by atoms with Crippen LogP contribution < -0.4 is 16.0 Å².